The van der Waals surface area contributed by atoms with E-state index in [1.54, 1.807) is 59.9 Å². The van der Waals surface area contributed by atoms with E-state index in [2.05, 4.69) is 15.7 Å². The van der Waals surface area contributed by atoms with Gasteiger partial charge in [-0.2, -0.15) is 0 Å². The van der Waals surface area contributed by atoms with Crippen LogP contribution in [0.15, 0.2) is 53.9 Å². The number of unbranched alkanes of at least 4 members (excludes halogenated alkanes) is 1. The van der Waals surface area contributed by atoms with Gasteiger partial charge in [-0.15, -0.1) is 11.3 Å². The molecule has 0 aliphatic heterocycles. The second kappa shape index (κ2) is 10.9. The summed E-state index contributed by atoms with van der Waals surface area (Å²) in [5.41, 5.74) is 2.17. The van der Waals surface area contributed by atoms with Crippen molar-refractivity contribution in [2.75, 3.05) is 13.2 Å². The van der Waals surface area contributed by atoms with E-state index >= 15 is 0 Å². The second-order valence-electron chi connectivity index (χ2n) is 6.84. The van der Waals surface area contributed by atoms with Crippen molar-refractivity contribution >= 4 is 34.6 Å². The number of rotatable bonds is 10. The summed E-state index contributed by atoms with van der Waals surface area (Å²) in [5, 5.41) is 6.63. The van der Waals surface area contributed by atoms with Gasteiger partial charge in [0.25, 0.3) is 5.91 Å². The van der Waals surface area contributed by atoms with E-state index in [4.69, 9.17) is 16.3 Å². The van der Waals surface area contributed by atoms with Crippen LogP contribution in [-0.2, 0) is 11.2 Å². The van der Waals surface area contributed by atoms with E-state index in [1.165, 1.54) is 0 Å². The Balaban J connectivity index is 1.36. The van der Waals surface area contributed by atoms with E-state index in [9.17, 15) is 9.59 Å². The van der Waals surface area contributed by atoms with Crippen molar-refractivity contribution in [2.45, 2.75) is 26.2 Å². The maximum Gasteiger partial charge on any atom is 0.257 e. The van der Waals surface area contributed by atoms with E-state index in [1.807, 2.05) is 6.92 Å². The molecule has 30 heavy (non-hydrogen) atoms. The molecule has 3 rings (SSSR count). The Kier molecular flexibility index (Phi) is 7.99. The first kappa shape index (κ1) is 22.0. The molecule has 1 amide bonds. The number of carbonyl (C=O) groups is 2. The number of ketones is 1. The highest BCUT2D eigenvalue weighted by atomic mass is 35.5. The number of aryl methyl sites for hydroxylation is 2. The Morgan fingerprint density at radius 3 is 2.33 bits per heavy atom. The minimum atomic E-state index is -0.165. The molecule has 0 unspecified atom stereocenters. The van der Waals surface area contributed by atoms with Crippen LogP contribution in [0.25, 0.3) is 0 Å². The predicted molar refractivity (Wildman–Crippen MR) is 120 cm³/mol. The van der Waals surface area contributed by atoms with Crippen molar-refractivity contribution in [1.29, 1.82) is 0 Å². The van der Waals surface area contributed by atoms with Crippen LogP contribution in [-0.4, -0.2) is 29.8 Å². The molecule has 2 aromatic carbocycles. The number of nitrogens with one attached hydrogen (secondary N) is 1. The average Bonchev–Trinajstić information content (AvgIpc) is 3.17. The minimum Gasteiger partial charge on any atom is -0.484 e. The van der Waals surface area contributed by atoms with Crippen LogP contribution in [0.4, 0.5) is 0 Å². The quantitative estimate of drug-likeness (QED) is 0.360. The molecule has 0 saturated heterocycles. The molecule has 0 radical (unpaired) electrons. The summed E-state index contributed by atoms with van der Waals surface area (Å²) in [7, 11) is 0. The first-order valence-electron chi connectivity index (χ1n) is 9.72. The van der Waals surface area contributed by atoms with Crippen molar-refractivity contribution < 1.29 is 14.3 Å². The highest BCUT2D eigenvalue weighted by Gasteiger charge is 2.09. The van der Waals surface area contributed by atoms with Gasteiger partial charge in [0, 0.05) is 33.8 Å². The van der Waals surface area contributed by atoms with Crippen LogP contribution >= 0.6 is 22.9 Å². The van der Waals surface area contributed by atoms with Crippen LogP contribution in [0.3, 0.4) is 0 Å². The molecule has 1 heterocycles. The molecule has 5 nitrogen and oxygen atoms in total. The van der Waals surface area contributed by atoms with Crippen molar-refractivity contribution in [2.24, 2.45) is 0 Å². The smallest absolute Gasteiger partial charge is 0.257 e. The second-order valence-corrected chi connectivity index (χ2v) is 8.22. The lowest BCUT2D eigenvalue weighted by atomic mass is 10.0. The Bertz CT molecular complexity index is 984. The van der Waals surface area contributed by atoms with Crippen LogP contribution in [0, 0.1) is 6.92 Å². The summed E-state index contributed by atoms with van der Waals surface area (Å²) in [6, 6.07) is 13.5. The third kappa shape index (κ3) is 6.68. The largest absolute Gasteiger partial charge is 0.484 e. The molecule has 0 aliphatic rings. The highest BCUT2D eigenvalue weighted by Crippen LogP contribution is 2.17. The summed E-state index contributed by atoms with van der Waals surface area (Å²) in [6.45, 7) is 2.54. The molecule has 0 aliphatic carbocycles. The summed E-state index contributed by atoms with van der Waals surface area (Å²) < 4.78 is 5.50. The van der Waals surface area contributed by atoms with E-state index in [0.717, 1.165) is 30.0 Å². The fraction of sp³-hybridized carbons (Fsp3) is 0.261. The van der Waals surface area contributed by atoms with Gasteiger partial charge >= 0.3 is 0 Å². The van der Waals surface area contributed by atoms with E-state index in [-0.39, 0.29) is 18.3 Å². The number of benzene rings is 2. The van der Waals surface area contributed by atoms with Gasteiger partial charge in [-0.25, -0.2) is 4.98 Å². The van der Waals surface area contributed by atoms with Gasteiger partial charge in [0.1, 0.15) is 5.75 Å². The minimum absolute atomic E-state index is 0.0594. The molecule has 156 valence electrons. The lowest BCUT2D eigenvalue weighted by Gasteiger charge is -2.08. The number of aromatic nitrogens is 1. The van der Waals surface area contributed by atoms with Crippen LogP contribution in [0.2, 0.25) is 5.02 Å². The predicted octanol–water partition coefficient (Wildman–Crippen LogP) is 4.85. The summed E-state index contributed by atoms with van der Waals surface area (Å²) in [5.74, 6) is 0.280. The molecule has 1 N–H and O–H groups in total. The monoisotopic (exact) mass is 442 g/mol. The van der Waals surface area contributed by atoms with Crippen molar-refractivity contribution in [3.63, 3.8) is 0 Å². The molecule has 0 spiro atoms. The van der Waals surface area contributed by atoms with Crippen LogP contribution in [0.5, 0.6) is 5.75 Å². The molecule has 0 saturated carbocycles. The molecule has 1 aromatic heterocycles. The topological polar surface area (TPSA) is 68.3 Å². The molecule has 0 atom stereocenters. The van der Waals surface area contributed by atoms with Crippen molar-refractivity contribution in [1.82, 2.24) is 10.3 Å². The fourth-order valence-corrected chi connectivity index (χ4v) is 3.76. The summed E-state index contributed by atoms with van der Waals surface area (Å²) in [4.78, 5) is 28.8. The van der Waals surface area contributed by atoms with Gasteiger partial charge in [-0.1, -0.05) is 11.6 Å². The standard InChI is InChI=1S/C23H23ClN2O3S/c1-16-15-30-22(26-16)4-2-3-13-25-21(27)14-29-20-11-7-18(8-12-20)23(28)17-5-9-19(24)10-6-17/h5-12,15H,2-4,13-14H2,1H3,(H,25,27). The van der Waals surface area contributed by atoms with Crippen molar-refractivity contribution in [3.05, 3.63) is 80.8 Å². The number of hydrogen-bond donors (Lipinski definition) is 1. The summed E-state index contributed by atoms with van der Waals surface area (Å²) in [6.07, 6.45) is 2.81. The average molecular weight is 443 g/mol. The highest BCUT2D eigenvalue weighted by molar-refractivity contribution is 7.09. The van der Waals surface area contributed by atoms with Gasteiger partial charge in [-0.05, 0) is 74.7 Å². The first-order valence-corrected chi connectivity index (χ1v) is 11.0. The first-order chi connectivity index (χ1) is 14.5. The lowest BCUT2D eigenvalue weighted by Crippen LogP contribution is -2.29. The van der Waals surface area contributed by atoms with Crippen LogP contribution in [0.1, 0.15) is 39.5 Å². The van der Waals surface area contributed by atoms with Gasteiger partial charge < -0.3 is 10.1 Å². The molecule has 0 bridgehead atoms. The molecule has 3 aromatic rings. The molecule has 0 fully saturated rings. The Morgan fingerprint density at radius 2 is 1.70 bits per heavy atom. The zero-order valence-electron chi connectivity index (χ0n) is 16.7. The van der Waals surface area contributed by atoms with E-state index in [0.29, 0.717) is 28.4 Å². The third-order valence-electron chi connectivity index (χ3n) is 4.40. The zero-order valence-corrected chi connectivity index (χ0v) is 18.3. The number of thiazole rings is 1. The number of carbonyl (C=O) groups excluding carboxylic acids is 2. The maximum absolute atomic E-state index is 12.4. The number of amides is 1. The zero-order chi connectivity index (χ0) is 21.3. The molecule has 7 heteroatoms. The molecular formula is C23H23ClN2O3S. The number of halogens is 1. The Hall–Kier alpha value is -2.70. The Labute approximate surface area is 185 Å². The van der Waals surface area contributed by atoms with Gasteiger partial charge in [0.2, 0.25) is 0 Å². The SMILES string of the molecule is Cc1csc(CCCCNC(=O)COc2ccc(C(=O)c3ccc(Cl)cc3)cc2)n1. The number of ether oxygens (including phenoxy) is 1. The van der Waals surface area contributed by atoms with Gasteiger partial charge in [0.05, 0.1) is 5.01 Å². The maximum atomic E-state index is 12.4. The number of nitrogens with zero attached hydrogens (tertiary/aromatic N) is 1. The van der Waals surface area contributed by atoms with E-state index < -0.39 is 0 Å². The summed E-state index contributed by atoms with van der Waals surface area (Å²) >= 11 is 7.53. The van der Waals surface area contributed by atoms with Crippen molar-refractivity contribution in [3.8, 4) is 5.75 Å². The van der Waals surface area contributed by atoms with Crippen LogP contribution < -0.4 is 10.1 Å². The fourth-order valence-electron chi connectivity index (χ4n) is 2.82. The normalized spacial score (nSPS) is 10.6. The lowest BCUT2D eigenvalue weighted by molar-refractivity contribution is -0.123. The molecular weight excluding hydrogens is 420 g/mol. The number of hydrogen-bond acceptors (Lipinski definition) is 5. The third-order valence-corrected chi connectivity index (χ3v) is 5.68. The van der Waals surface area contributed by atoms with Gasteiger partial charge in [-0.3, -0.25) is 9.59 Å². The Morgan fingerprint density at radius 1 is 1.03 bits per heavy atom. The van der Waals surface area contributed by atoms with Gasteiger partial charge in [0.15, 0.2) is 12.4 Å².